The minimum absolute atomic E-state index is 0.209. The van der Waals surface area contributed by atoms with Gasteiger partial charge < -0.3 is 0 Å². The molecule has 3 nitrogen and oxygen atoms in total. The predicted molar refractivity (Wildman–Crippen MR) is 102 cm³/mol. The van der Waals surface area contributed by atoms with E-state index in [2.05, 4.69) is 46.3 Å². The Kier molecular flexibility index (Phi) is 4.85. The summed E-state index contributed by atoms with van der Waals surface area (Å²) >= 11 is 0. The van der Waals surface area contributed by atoms with Crippen molar-refractivity contribution < 1.29 is 4.39 Å². The maximum atomic E-state index is 13.6. The molecule has 0 spiro atoms. The highest BCUT2D eigenvalue weighted by atomic mass is 19.1. The van der Waals surface area contributed by atoms with Crippen molar-refractivity contribution in [3.8, 4) is 11.1 Å². The van der Waals surface area contributed by atoms with Crippen LogP contribution in [0.15, 0.2) is 54.7 Å². The monoisotopic (exact) mass is 349 g/mol. The van der Waals surface area contributed by atoms with Crippen LogP contribution < -0.4 is 0 Å². The Morgan fingerprint density at radius 1 is 1.19 bits per heavy atom. The fourth-order valence-corrected chi connectivity index (χ4v) is 3.88. The topological polar surface area (TPSA) is 31.9 Å². The smallest absolute Gasteiger partial charge is 0.123 e. The SMILES string of the molecule is Cc1ccc(CN2CCC[C@H](c3[nH]ncc3-c3cccc(F)c3)C2)cc1. The van der Waals surface area contributed by atoms with Crippen molar-refractivity contribution in [2.24, 2.45) is 0 Å². The summed E-state index contributed by atoms with van der Waals surface area (Å²) in [5.41, 5.74) is 5.69. The molecule has 0 unspecified atom stereocenters. The summed E-state index contributed by atoms with van der Waals surface area (Å²) < 4.78 is 13.6. The first-order chi connectivity index (χ1) is 12.7. The number of halogens is 1. The zero-order chi connectivity index (χ0) is 17.9. The van der Waals surface area contributed by atoms with Gasteiger partial charge in [-0.3, -0.25) is 10.00 Å². The van der Waals surface area contributed by atoms with Crippen molar-refractivity contribution in [2.75, 3.05) is 13.1 Å². The lowest BCUT2D eigenvalue weighted by Crippen LogP contribution is -2.34. The van der Waals surface area contributed by atoms with Gasteiger partial charge in [0, 0.05) is 30.3 Å². The van der Waals surface area contributed by atoms with Crippen LogP contribution in [0.3, 0.4) is 0 Å². The maximum Gasteiger partial charge on any atom is 0.123 e. The van der Waals surface area contributed by atoms with Crippen LogP contribution in [-0.2, 0) is 6.54 Å². The van der Waals surface area contributed by atoms with Gasteiger partial charge in [-0.1, -0.05) is 42.0 Å². The van der Waals surface area contributed by atoms with Gasteiger partial charge in [0.1, 0.15) is 5.82 Å². The summed E-state index contributed by atoms with van der Waals surface area (Å²) in [5.74, 6) is 0.189. The normalized spacial score (nSPS) is 18.2. The first-order valence-corrected chi connectivity index (χ1v) is 9.26. The van der Waals surface area contributed by atoms with E-state index >= 15 is 0 Å². The van der Waals surface area contributed by atoms with Crippen LogP contribution in [0, 0.1) is 12.7 Å². The third-order valence-electron chi connectivity index (χ3n) is 5.24. The molecule has 3 aromatic rings. The van der Waals surface area contributed by atoms with Gasteiger partial charge in [-0.25, -0.2) is 4.39 Å². The number of hydrogen-bond donors (Lipinski definition) is 1. The molecule has 1 atom stereocenters. The van der Waals surface area contributed by atoms with Gasteiger partial charge in [0.2, 0.25) is 0 Å². The van der Waals surface area contributed by atoms with Crippen molar-refractivity contribution in [3.05, 3.63) is 77.4 Å². The molecular weight excluding hydrogens is 325 g/mol. The largest absolute Gasteiger partial charge is 0.298 e. The van der Waals surface area contributed by atoms with Gasteiger partial charge in [0.25, 0.3) is 0 Å². The minimum atomic E-state index is -0.209. The number of piperidine rings is 1. The highest BCUT2D eigenvalue weighted by Gasteiger charge is 2.25. The number of likely N-dealkylation sites (tertiary alicyclic amines) is 1. The first kappa shape index (κ1) is 17.0. The molecular formula is C22H24FN3. The van der Waals surface area contributed by atoms with Crippen molar-refractivity contribution in [2.45, 2.75) is 32.2 Å². The van der Waals surface area contributed by atoms with E-state index in [1.807, 2.05) is 12.3 Å². The molecule has 26 heavy (non-hydrogen) atoms. The first-order valence-electron chi connectivity index (χ1n) is 9.26. The average molecular weight is 349 g/mol. The van der Waals surface area contributed by atoms with Crippen LogP contribution in [0.2, 0.25) is 0 Å². The van der Waals surface area contributed by atoms with E-state index in [-0.39, 0.29) is 5.82 Å². The summed E-state index contributed by atoms with van der Waals surface area (Å²) in [6, 6.07) is 15.5. The zero-order valence-electron chi connectivity index (χ0n) is 15.1. The summed E-state index contributed by atoms with van der Waals surface area (Å²) in [4.78, 5) is 2.51. The molecule has 1 aromatic heterocycles. The van der Waals surface area contributed by atoms with Gasteiger partial charge in [0.15, 0.2) is 0 Å². The molecule has 134 valence electrons. The van der Waals surface area contributed by atoms with Crippen LogP contribution in [0.25, 0.3) is 11.1 Å². The van der Waals surface area contributed by atoms with Gasteiger partial charge in [-0.2, -0.15) is 5.10 Å². The van der Waals surface area contributed by atoms with Crippen molar-refractivity contribution in [3.63, 3.8) is 0 Å². The van der Waals surface area contributed by atoms with Crippen molar-refractivity contribution in [1.82, 2.24) is 15.1 Å². The second-order valence-corrected chi connectivity index (χ2v) is 7.27. The van der Waals surface area contributed by atoms with Gasteiger partial charge >= 0.3 is 0 Å². The highest BCUT2D eigenvalue weighted by molar-refractivity contribution is 5.65. The number of hydrogen-bond acceptors (Lipinski definition) is 2. The summed E-state index contributed by atoms with van der Waals surface area (Å²) in [7, 11) is 0. The lowest BCUT2D eigenvalue weighted by atomic mass is 9.90. The number of aromatic amines is 1. The van der Waals surface area contributed by atoms with Crippen LogP contribution >= 0.6 is 0 Å². The molecule has 4 rings (SSSR count). The number of aryl methyl sites for hydroxylation is 1. The zero-order valence-corrected chi connectivity index (χ0v) is 15.1. The number of nitrogens with zero attached hydrogens (tertiary/aromatic N) is 2. The molecule has 1 aliphatic rings. The summed E-state index contributed by atoms with van der Waals surface area (Å²) in [6.45, 7) is 5.21. The third kappa shape index (κ3) is 3.70. The molecule has 4 heteroatoms. The Hall–Kier alpha value is -2.46. The Morgan fingerprint density at radius 3 is 2.85 bits per heavy atom. The number of nitrogens with one attached hydrogen (secondary N) is 1. The Balaban J connectivity index is 1.52. The quantitative estimate of drug-likeness (QED) is 0.726. The molecule has 1 saturated heterocycles. The van der Waals surface area contributed by atoms with Crippen LogP contribution in [0.4, 0.5) is 4.39 Å². The molecule has 2 aromatic carbocycles. The predicted octanol–water partition coefficient (Wildman–Crippen LogP) is 4.90. The molecule has 1 aliphatic heterocycles. The van der Waals surface area contributed by atoms with E-state index in [0.717, 1.165) is 49.3 Å². The number of rotatable bonds is 4. The second kappa shape index (κ2) is 7.42. The summed E-state index contributed by atoms with van der Waals surface area (Å²) in [5, 5.41) is 7.44. The minimum Gasteiger partial charge on any atom is -0.298 e. The molecule has 1 N–H and O–H groups in total. The van der Waals surface area contributed by atoms with Gasteiger partial charge in [0.05, 0.1) is 6.20 Å². The van der Waals surface area contributed by atoms with E-state index in [0.29, 0.717) is 5.92 Å². The van der Waals surface area contributed by atoms with Gasteiger partial charge in [-0.15, -0.1) is 0 Å². The number of aromatic nitrogens is 2. The molecule has 0 radical (unpaired) electrons. The second-order valence-electron chi connectivity index (χ2n) is 7.27. The molecule has 0 aliphatic carbocycles. The van der Waals surface area contributed by atoms with Crippen LogP contribution in [0.1, 0.15) is 35.6 Å². The van der Waals surface area contributed by atoms with Crippen LogP contribution in [0.5, 0.6) is 0 Å². The maximum absolute atomic E-state index is 13.6. The lowest BCUT2D eigenvalue weighted by molar-refractivity contribution is 0.198. The fraction of sp³-hybridized carbons (Fsp3) is 0.318. The molecule has 0 bridgehead atoms. The molecule has 0 amide bonds. The van der Waals surface area contributed by atoms with E-state index in [1.54, 1.807) is 12.1 Å². The van der Waals surface area contributed by atoms with Crippen LogP contribution in [-0.4, -0.2) is 28.2 Å². The summed E-state index contributed by atoms with van der Waals surface area (Å²) in [6.07, 6.45) is 4.12. The average Bonchev–Trinajstić information content (AvgIpc) is 3.14. The number of benzene rings is 2. The highest BCUT2D eigenvalue weighted by Crippen LogP contribution is 2.33. The fourth-order valence-electron chi connectivity index (χ4n) is 3.88. The Labute approximate surface area is 153 Å². The molecule has 1 fully saturated rings. The van der Waals surface area contributed by atoms with E-state index in [1.165, 1.54) is 17.2 Å². The molecule has 0 saturated carbocycles. The molecule has 2 heterocycles. The Morgan fingerprint density at radius 2 is 2.04 bits per heavy atom. The van der Waals surface area contributed by atoms with E-state index in [9.17, 15) is 4.39 Å². The standard InChI is InChI=1S/C22H24FN3/c1-16-7-9-17(10-8-16)14-26-11-3-5-19(15-26)22-21(13-24-25-22)18-4-2-6-20(23)12-18/h2,4,6-10,12-13,19H,3,5,11,14-15H2,1H3,(H,24,25)/t19-/m0/s1. The van der Waals surface area contributed by atoms with Crippen molar-refractivity contribution >= 4 is 0 Å². The number of H-pyrrole nitrogens is 1. The lowest BCUT2D eigenvalue weighted by Gasteiger charge is -2.32. The van der Waals surface area contributed by atoms with Crippen molar-refractivity contribution in [1.29, 1.82) is 0 Å². The Bertz CT molecular complexity index is 869. The third-order valence-corrected chi connectivity index (χ3v) is 5.24. The van der Waals surface area contributed by atoms with E-state index in [4.69, 9.17) is 0 Å². The van der Waals surface area contributed by atoms with Gasteiger partial charge in [-0.05, 0) is 49.6 Å². The van der Waals surface area contributed by atoms with E-state index < -0.39 is 0 Å².